The van der Waals surface area contributed by atoms with Crippen LogP contribution in [-0.4, -0.2) is 42.4 Å². The molecule has 2 aliphatic rings. The van der Waals surface area contributed by atoms with E-state index in [1.807, 2.05) is 0 Å². The van der Waals surface area contributed by atoms with Gasteiger partial charge in [0.25, 0.3) is 5.91 Å². The van der Waals surface area contributed by atoms with Crippen molar-refractivity contribution in [2.24, 2.45) is 5.92 Å². The Labute approximate surface area is 192 Å². The van der Waals surface area contributed by atoms with Crippen LogP contribution in [0.2, 0.25) is 0 Å². The lowest BCUT2D eigenvalue weighted by Gasteiger charge is -2.22. The van der Waals surface area contributed by atoms with Gasteiger partial charge in [-0.1, -0.05) is 33.1 Å². The van der Waals surface area contributed by atoms with E-state index in [2.05, 4.69) is 36.3 Å². The van der Waals surface area contributed by atoms with E-state index in [0.29, 0.717) is 4.88 Å². The van der Waals surface area contributed by atoms with Crippen molar-refractivity contribution in [3.05, 3.63) is 15.3 Å². The van der Waals surface area contributed by atoms with Crippen LogP contribution in [0.1, 0.15) is 98.7 Å². The van der Waals surface area contributed by atoms with Crippen molar-refractivity contribution >= 4 is 28.8 Å². The number of amides is 2. The highest BCUT2D eigenvalue weighted by Gasteiger charge is 2.29. The molecule has 3 rings (SSSR count). The highest BCUT2D eigenvalue weighted by atomic mass is 32.1. The van der Waals surface area contributed by atoms with Crippen LogP contribution in [0.5, 0.6) is 0 Å². The lowest BCUT2D eigenvalue weighted by molar-refractivity contribution is -0.120. The molecule has 2 aliphatic carbocycles. The molecule has 0 radical (unpaired) electrons. The normalized spacial score (nSPS) is 17.9. The summed E-state index contributed by atoms with van der Waals surface area (Å²) in [4.78, 5) is 30.6. The van der Waals surface area contributed by atoms with E-state index in [-0.39, 0.29) is 23.8 Å². The monoisotopic (exact) mass is 447 g/mol. The van der Waals surface area contributed by atoms with Gasteiger partial charge in [-0.15, -0.1) is 11.3 Å². The van der Waals surface area contributed by atoms with Crippen LogP contribution in [0, 0.1) is 5.92 Å². The summed E-state index contributed by atoms with van der Waals surface area (Å²) in [7, 11) is 0. The number of anilines is 1. The molecular weight excluding hydrogens is 406 g/mol. The number of nitrogens with one attached hydrogen (secondary N) is 2. The zero-order valence-electron chi connectivity index (χ0n) is 19.7. The summed E-state index contributed by atoms with van der Waals surface area (Å²) < 4.78 is 0. The summed E-state index contributed by atoms with van der Waals surface area (Å²) in [5.41, 5.74) is 2.04. The van der Waals surface area contributed by atoms with Gasteiger partial charge in [-0.25, -0.2) is 0 Å². The second kappa shape index (κ2) is 12.0. The summed E-state index contributed by atoms with van der Waals surface area (Å²) in [5, 5.41) is 6.43. The Kier molecular flexibility index (Phi) is 9.39. The van der Waals surface area contributed by atoms with Gasteiger partial charge in [-0.2, -0.15) is 0 Å². The molecule has 6 heteroatoms. The van der Waals surface area contributed by atoms with Crippen LogP contribution < -0.4 is 10.6 Å². The Hall–Kier alpha value is -1.40. The molecule has 2 N–H and O–H groups in total. The number of hydrogen-bond donors (Lipinski definition) is 2. The Morgan fingerprint density at radius 1 is 1.06 bits per heavy atom. The summed E-state index contributed by atoms with van der Waals surface area (Å²) in [6.45, 7) is 9.69. The van der Waals surface area contributed by atoms with E-state index in [4.69, 9.17) is 0 Å². The Morgan fingerprint density at radius 2 is 1.77 bits per heavy atom. The van der Waals surface area contributed by atoms with Crippen LogP contribution in [0.4, 0.5) is 5.69 Å². The topological polar surface area (TPSA) is 61.4 Å². The molecule has 1 aromatic heterocycles. The number of hydrogen-bond acceptors (Lipinski definition) is 4. The minimum atomic E-state index is -0.0197. The van der Waals surface area contributed by atoms with E-state index in [0.717, 1.165) is 83.1 Å². The van der Waals surface area contributed by atoms with Gasteiger partial charge in [0, 0.05) is 16.8 Å². The Balaban J connectivity index is 1.65. The van der Waals surface area contributed by atoms with Gasteiger partial charge in [-0.3, -0.25) is 9.59 Å². The Bertz CT molecular complexity index is 735. The molecule has 0 spiro atoms. The first-order valence-corrected chi connectivity index (χ1v) is 13.3. The van der Waals surface area contributed by atoms with Crippen LogP contribution >= 0.6 is 11.3 Å². The molecule has 1 fully saturated rings. The molecule has 1 unspecified atom stereocenters. The molecule has 2 amide bonds. The van der Waals surface area contributed by atoms with Gasteiger partial charge in [0.05, 0.1) is 5.69 Å². The first kappa shape index (κ1) is 24.2. The Morgan fingerprint density at radius 3 is 2.48 bits per heavy atom. The molecular formula is C25H41N3O2S. The largest absolute Gasteiger partial charge is 0.349 e. The van der Waals surface area contributed by atoms with E-state index in [1.165, 1.54) is 23.3 Å². The number of fused-ring (bicyclic) bond motifs is 1. The fraction of sp³-hybridized carbons (Fsp3) is 0.760. The van der Waals surface area contributed by atoms with Crippen molar-refractivity contribution in [2.75, 3.05) is 25.0 Å². The van der Waals surface area contributed by atoms with Crippen molar-refractivity contribution in [2.45, 2.75) is 97.4 Å². The molecule has 1 saturated carbocycles. The first-order valence-electron chi connectivity index (χ1n) is 12.5. The van der Waals surface area contributed by atoms with E-state index < -0.39 is 0 Å². The molecule has 0 bridgehead atoms. The van der Waals surface area contributed by atoms with Gasteiger partial charge in [0.1, 0.15) is 4.88 Å². The molecule has 1 heterocycles. The molecule has 174 valence electrons. The lowest BCUT2D eigenvalue weighted by Crippen LogP contribution is -2.34. The average Bonchev–Trinajstić information content (AvgIpc) is 3.16. The second-order valence-corrected chi connectivity index (χ2v) is 10.4. The third-order valence-corrected chi connectivity index (χ3v) is 8.28. The average molecular weight is 448 g/mol. The van der Waals surface area contributed by atoms with E-state index >= 15 is 0 Å². The molecule has 0 aliphatic heterocycles. The number of nitrogens with zero attached hydrogens (tertiary/aromatic N) is 1. The standard InChI is InChI=1S/C25H41N3O2S/c1-4-28(5-2)17-11-12-18(3)26-25(30)23-22(20-15-9-10-16-21(20)31-23)27-24(29)19-13-7-6-8-14-19/h18-19H,4-17H2,1-3H3,(H,26,30)(H,27,29). The summed E-state index contributed by atoms with van der Waals surface area (Å²) in [6, 6.07) is 0.129. The minimum Gasteiger partial charge on any atom is -0.349 e. The highest BCUT2D eigenvalue weighted by Crippen LogP contribution is 2.39. The maximum atomic E-state index is 13.2. The SMILES string of the molecule is CCN(CC)CCCC(C)NC(=O)c1sc2c(c1NC(=O)C1CCCCC1)CCCC2. The van der Waals surface area contributed by atoms with Crippen LogP contribution in [0.25, 0.3) is 0 Å². The fourth-order valence-electron chi connectivity index (χ4n) is 4.97. The zero-order chi connectivity index (χ0) is 22.2. The highest BCUT2D eigenvalue weighted by molar-refractivity contribution is 7.15. The predicted octanol–water partition coefficient (Wildman–Crippen LogP) is 5.39. The summed E-state index contributed by atoms with van der Waals surface area (Å²) >= 11 is 1.60. The van der Waals surface area contributed by atoms with Gasteiger partial charge in [0.15, 0.2) is 0 Å². The van der Waals surface area contributed by atoms with Crippen LogP contribution in [-0.2, 0) is 17.6 Å². The summed E-state index contributed by atoms with van der Waals surface area (Å²) in [5.74, 6) is 0.198. The minimum absolute atomic E-state index is 0.0197. The van der Waals surface area contributed by atoms with E-state index in [1.54, 1.807) is 11.3 Å². The zero-order valence-corrected chi connectivity index (χ0v) is 20.5. The smallest absolute Gasteiger partial charge is 0.263 e. The molecule has 1 aromatic rings. The predicted molar refractivity (Wildman–Crippen MR) is 130 cm³/mol. The van der Waals surface area contributed by atoms with Gasteiger partial charge < -0.3 is 15.5 Å². The van der Waals surface area contributed by atoms with E-state index in [9.17, 15) is 9.59 Å². The third-order valence-electron chi connectivity index (χ3n) is 6.99. The lowest BCUT2D eigenvalue weighted by atomic mass is 9.88. The van der Waals surface area contributed by atoms with Crippen LogP contribution in [0.3, 0.4) is 0 Å². The molecule has 0 saturated heterocycles. The van der Waals surface area contributed by atoms with Gasteiger partial charge >= 0.3 is 0 Å². The quantitative estimate of drug-likeness (QED) is 0.506. The summed E-state index contributed by atoms with van der Waals surface area (Å²) in [6.07, 6.45) is 11.8. The van der Waals surface area contributed by atoms with Crippen molar-refractivity contribution in [3.8, 4) is 0 Å². The number of carbonyl (C=O) groups excluding carboxylic acids is 2. The molecule has 0 aromatic carbocycles. The molecule has 1 atom stereocenters. The number of aryl methyl sites for hydroxylation is 1. The number of thiophene rings is 1. The van der Waals surface area contributed by atoms with Gasteiger partial charge in [0.2, 0.25) is 5.91 Å². The number of rotatable bonds is 10. The van der Waals surface area contributed by atoms with Crippen LogP contribution in [0.15, 0.2) is 0 Å². The van der Waals surface area contributed by atoms with Gasteiger partial charge in [-0.05, 0) is 83.5 Å². The second-order valence-electron chi connectivity index (χ2n) is 9.28. The first-order chi connectivity index (χ1) is 15.0. The molecule has 31 heavy (non-hydrogen) atoms. The van der Waals surface area contributed by atoms with Crippen molar-refractivity contribution in [1.82, 2.24) is 10.2 Å². The fourth-order valence-corrected chi connectivity index (χ4v) is 6.22. The molecule has 5 nitrogen and oxygen atoms in total. The third kappa shape index (κ3) is 6.55. The van der Waals surface area contributed by atoms with Crippen molar-refractivity contribution in [3.63, 3.8) is 0 Å². The maximum Gasteiger partial charge on any atom is 0.263 e. The van der Waals surface area contributed by atoms with Crippen molar-refractivity contribution in [1.29, 1.82) is 0 Å². The number of carbonyl (C=O) groups is 2. The maximum absolute atomic E-state index is 13.2. The van der Waals surface area contributed by atoms with Crippen molar-refractivity contribution < 1.29 is 9.59 Å².